The summed E-state index contributed by atoms with van der Waals surface area (Å²) in [6.45, 7) is 2.74. The summed E-state index contributed by atoms with van der Waals surface area (Å²) in [7, 11) is 0. The fraction of sp³-hybridized carbons (Fsp3) is 0.588. The Morgan fingerprint density at radius 2 is 2.12 bits per heavy atom. The summed E-state index contributed by atoms with van der Waals surface area (Å²) in [5, 5.41) is 10.8. The third-order valence-electron chi connectivity index (χ3n) is 4.25. The van der Waals surface area contributed by atoms with Crippen LogP contribution in [0.3, 0.4) is 0 Å². The number of nitro groups is 1. The van der Waals surface area contributed by atoms with Gasteiger partial charge in [0, 0.05) is 38.2 Å². The average molecular weight is 335 g/mol. The van der Waals surface area contributed by atoms with E-state index in [9.17, 15) is 14.9 Å². The molecular weight excluding hydrogens is 310 g/mol. The van der Waals surface area contributed by atoms with Crippen molar-refractivity contribution in [2.75, 3.05) is 26.2 Å². The number of nitro benzene ring substituents is 1. The number of rotatable bonds is 8. The molecule has 0 atom stereocenters. The van der Waals surface area contributed by atoms with Gasteiger partial charge in [-0.1, -0.05) is 12.1 Å². The maximum Gasteiger partial charge on any atom is 0.269 e. The molecule has 1 aromatic rings. The maximum atomic E-state index is 12.3. The van der Waals surface area contributed by atoms with E-state index < -0.39 is 4.92 Å². The van der Waals surface area contributed by atoms with Crippen LogP contribution in [0.5, 0.6) is 0 Å². The molecule has 132 valence electrons. The lowest BCUT2D eigenvalue weighted by Gasteiger charge is -2.32. The number of carbonyl (C=O) groups excluding carboxylic acids is 1. The second kappa shape index (κ2) is 9.34. The van der Waals surface area contributed by atoms with E-state index >= 15 is 0 Å². The summed E-state index contributed by atoms with van der Waals surface area (Å²) in [6, 6.07) is 6.46. The summed E-state index contributed by atoms with van der Waals surface area (Å²) >= 11 is 0. The molecule has 1 aliphatic rings. The number of nitrogens with two attached hydrogens (primary N) is 1. The number of likely N-dealkylation sites (tertiary alicyclic amines) is 1. The lowest BCUT2D eigenvalue weighted by molar-refractivity contribution is -0.384. The third kappa shape index (κ3) is 5.58. The highest BCUT2D eigenvalue weighted by Gasteiger charge is 2.22. The van der Waals surface area contributed by atoms with Gasteiger partial charge < -0.3 is 15.4 Å². The second-order valence-electron chi connectivity index (χ2n) is 6.02. The summed E-state index contributed by atoms with van der Waals surface area (Å²) in [5.41, 5.74) is 6.33. The Kier molecular flexibility index (Phi) is 7.14. The lowest BCUT2D eigenvalue weighted by Crippen LogP contribution is -2.41. The monoisotopic (exact) mass is 335 g/mol. The van der Waals surface area contributed by atoms with Gasteiger partial charge in [-0.05, 0) is 37.8 Å². The smallest absolute Gasteiger partial charge is 0.269 e. The predicted octanol–water partition coefficient (Wildman–Crippen LogP) is 1.88. The molecule has 2 N–H and O–H groups in total. The highest BCUT2D eigenvalue weighted by atomic mass is 16.6. The van der Waals surface area contributed by atoms with E-state index in [4.69, 9.17) is 10.5 Å². The highest BCUT2D eigenvalue weighted by molar-refractivity contribution is 5.76. The van der Waals surface area contributed by atoms with Crippen molar-refractivity contribution >= 4 is 11.6 Å². The number of piperidine rings is 1. The highest BCUT2D eigenvalue weighted by Crippen LogP contribution is 2.17. The largest absolute Gasteiger partial charge is 0.378 e. The van der Waals surface area contributed by atoms with E-state index in [-0.39, 0.29) is 17.7 Å². The first kappa shape index (κ1) is 18.4. The molecule has 0 spiro atoms. The fourth-order valence-corrected chi connectivity index (χ4v) is 2.84. The minimum Gasteiger partial charge on any atom is -0.378 e. The number of aryl methyl sites for hydroxylation is 1. The summed E-state index contributed by atoms with van der Waals surface area (Å²) in [4.78, 5) is 24.5. The minimum atomic E-state index is -0.416. The van der Waals surface area contributed by atoms with Gasteiger partial charge in [-0.15, -0.1) is 0 Å². The predicted molar refractivity (Wildman–Crippen MR) is 90.6 cm³/mol. The number of ether oxygens (including phenoxy) is 1. The molecule has 1 aliphatic heterocycles. The first-order valence-electron chi connectivity index (χ1n) is 8.43. The third-order valence-corrected chi connectivity index (χ3v) is 4.25. The molecule has 1 heterocycles. The summed E-state index contributed by atoms with van der Waals surface area (Å²) in [5.74, 6) is 0.0990. The van der Waals surface area contributed by atoms with Crippen LogP contribution in [0.15, 0.2) is 24.3 Å². The molecule has 0 saturated carbocycles. The molecule has 2 rings (SSSR count). The van der Waals surface area contributed by atoms with Gasteiger partial charge in [0.25, 0.3) is 5.69 Å². The van der Waals surface area contributed by atoms with E-state index in [0.29, 0.717) is 39.1 Å². The van der Waals surface area contributed by atoms with Crippen LogP contribution in [-0.2, 0) is 16.0 Å². The molecule has 1 amide bonds. The first-order valence-corrected chi connectivity index (χ1v) is 8.43. The molecule has 1 fully saturated rings. The average Bonchev–Trinajstić information content (AvgIpc) is 2.60. The van der Waals surface area contributed by atoms with E-state index in [2.05, 4.69) is 0 Å². The van der Waals surface area contributed by atoms with Crippen molar-refractivity contribution in [1.29, 1.82) is 0 Å². The SMILES string of the molecule is NCCCOC1CCN(C(=O)CCc2cccc([N+](=O)[O-])c2)CC1. The van der Waals surface area contributed by atoms with Gasteiger partial charge in [-0.3, -0.25) is 14.9 Å². The van der Waals surface area contributed by atoms with E-state index in [1.165, 1.54) is 12.1 Å². The van der Waals surface area contributed by atoms with E-state index in [1.54, 1.807) is 6.07 Å². The van der Waals surface area contributed by atoms with Crippen molar-refractivity contribution in [3.63, 3.8) is 0 Å². The molecule has 1 aromatic carbocycles. The van der Waals surface area contributed by atoms with Crippen molar-refractivity contribution in [2.24, 2.45) is 5.73 Å². The molecule has 0 bridgehead atoms. The molecule has 7 nitrogen and oxygen atoms in total. The Morgan fingerprint density at radius 3 is 2.79 bits per heavy atom. The zero-order valence-electron chi connectivity index (χ0n) is 13.9. The number of benzene rings is 1. The van der Waals surface area contributed by atoms with Gasteiger partial charge in [0.2, 0.25) is 5.91 Å². The molecule has 24 heavy (non-hydrogen) atoms. The van der Waals surface area contributed by atoms with Crippen LogP contribution >= 0.6 is 0 Å². The van der Waals surface area contributed by atoms with E-state index in [1.807, 2.05) is 11.0 Å². The van der Waals surface area contributed by atoms with Gasteiger partial charge in [0.05, 0.1) is 11.0 Å². The van der Waals surface area contributed by atoms with Gasteiger partial charge in [0.15, 0.2) is 0 Å². The Balaban J connectivity index is 1.74. The number of nitrogens with zero attached hydrogens (tertiary/aromatic N) is 2. The molecule has 0 unspecified atom stereocenters. The van der Waals surface area contributed by atoms with Crippen LogP contribution in [0.4, 0.5) is 5.69 Å². The number of carbonyl (C=O) groups is 1. The van der Waals surface area contributed by atoms with Crippen molar-refractivity contribution in [2.45, 2.75) is 38.2 Å². The van der Waals surface area contributed by atoms with Crippen LogP contribution in [0, 0.1) is 10.1 Å². The molecule has 1 saturated heterocycles. The van der Waals surface area contributed by atoms with Crippen molar-refractivity contribution in [1.82, 2.24) is 4.90 Å². The Labute approximate surface area is 141 Å². The second-order valence-corrected chi connectivity index (χ2v) is 6.02. The number of hydrogen-bond donors (Lipinski definition) is 1. The molecule has 0 aromatic heterocycles. The lowest BCUT2D eigenvalue weighted by atomic mass is 10.1. The van der Waals surface area contributed by atoms with Crippen molar-refractivity contribution < 1.29 is 14.5 Å². The molecular formula is C17H25N3O4. The number of amides is 1. The fourth-order valence-electron chi connectivity index (χ4n) is 2.84. The van der Waals surface area contributed by atoms with Crippen LogP contribution < -0.4 is 5.73 Å². The quantitative estimate of drug-likeness (QED) is 0.444. The summed E-state index contributed by atoms with van der Waals surface area (Å²) in [6.07, 6.45) is 3.69. The molecule has 0 radical (unpaired) electrons. The standard InChI is InChI=1S/C17H25N3O4/c18-9-2-12-24-16-7-10-19(11-8-16)17(21)6-5-14-3-1-4-15(13-14)20(22)23/h1,3-4,13,16H,2,5-12,18H2. The van der Waals surface area contributed by atoms with Crippen molar-refractivity contribution in [3.05, 3.63) is 39.9 Å². The summed E-state index contributed by atoms with van der Waals surface area (Å²) < 4.78 is 5.73. The van der Waals surface area contributed by atoms with Crippen LogP contribution in [0.2, 0.25) is 0 Å². The normalized spacial score (nSPS) is 15.5. The van der Waals surface area contributed by atoms with Crippen molar-refractivity contribution in [3.8, 4) is 0 Å². The van der Waals surface area contributed by atoms with Crippen LogP contribution in [0.1, 0.15) is 31.2 Å². The Bertz CT molecular complexity index is 557. The minimum absolute atomic E-state index is 0.0652. The van der Waals surface area contributed by atoms with Crippen LogP contribution in [0.25, 0.3) is 0 Å². The number of hydrogen-bond acceptors (Lipinski definition) is 5. The first-order chi connectivity index (χ1) is 11.6. The zero-order chi connectivity index (χ0) is 17.4. The maximum absolute atomic E-state index is 12.3. The molecule has 7 heteroatoms. The van der Waals surface area contributed by atoms with Gasteiger partial charge >= 0.3 is 0 Å². The van der Waals surface area contributed by atoms with Crippen LogP contribution in [-0.4, -0.2) is 48.1 Å². The molecule has 0 aliphatic carbocycles. The Morgan fingerprint density at radius 1 is 1.38 bits per heavy atom. The van der Waals surface area contributed by atoms with E-state index in [0.717, 1.165) is 24.8 Å². The zero-order valence-corrected chi connectivity index (χ0v) is 13.9. The number of non-ortho nitro benzene ring substituents is 1. The topological polar surface area (TPSA) is 98.7 Å². The van der Waals surface area contributed by atoms with Gasteiger partial charge in [-0.2, -0.15) is 0 Å². The van der Waals surface area contributed by atoms with Gasteiger partial charge in [-0.25, -0.2) is 0 Å². The van der Waals surface area contributed by atoms with Gasteiger partial charge in [0.1, 0.15) is 0 Å². The Hall–Kier alpha value is -1.99.